The Morgan fingerprint density at radius 3 is 2.21 bits per heavy atom. The zero-order chi connectivity index (χ0) is 23.5. The van der Waals surface area contributed by atoms with Crippen molar-refractivity contribution in [1.82, 2.24) is 0 Å². The number of nitrogens with zero attached hydrogens (tertiary/aromatic N) is 1. The molecular formula is C25H23NO7. The van der Waals surface area contributed by atoms with E-state index in [0.717, 1.165) is 0 Å². The van der Waals surface area contributed by atoms with Crippen LogP contribution in [0.3, 0.4) is 0 Å². The molecule has 0 saturated heterocycles. The Balaban J connectivity index is 1.90. The van der Waals surface area contributed by atoms with Gasteiger partial charge in [0, 0.05) is 12.1 Å². The lowest BCUT2D eigenvalue weighted by Crippen LogP contribution is -2.30. The summed E-state index contributed by atoms with van der Waals surface area (Å²) >= 11 is 0. The molecule has 1 amide bonds. The Kier molecular flexibility index (Phi) is 6.08. The predicted molar refractivity (Wildman–Crippen MR) is 121 cm³/mol. The minimum Gasteiger partial charge on any atom is -0.496 e. The number of carbonyl (C=O) groups excluding carboxylic acids is 2. The second-order valence-corrected chi connectivity index (χ2v) is 7.17. The Morgan fingerprint density at radius 2 is 1.58 bits per heavy atom. The molecule has 0 radical (unpaired) electrons. The highest BCUT2D eigenvalue weighted by atomic mass is 16.5. The Hall–Kier alpha value is -4.20. The normalized spacial score (nSPS) is 12.1. The lowest BCUT2D eigenvalue weighted by atomic mass is 10.1. The molecule has 1 aliphatic heterocycles. The highest BCUT2D eigenvalue weighted by Gasteiger charge is 2.31. The van der Waals surface area contributed by atoms with Gasteiger partial charge in [-0.1, -0.05) is 12.1 Å². The number of ether oxygens (including phenoxy) is 5. The van der Waals surface area contributed by atoms with Crippen LogP contribution >= 0.6 is 0 Å². The summed E-state index contributed by atoms with van der Waals surface area (Å²) in [6.07, 6.45) is 0. The fourth-order valence-electron chi connectivity index (χ4n) is 3.71. The first kappa shape index (κ1) is 22.0. The van der Waals surface area contributed by atoms with Gasteiger partial charge in [-0.25, -0.2) is 4.79 Å². The van der Waals surface area contributed by atoms with E-state index >= 15 is 0 Å². The molecule has 8 heteroatoms. The van der Waals surface area contributed by atoms with Gasteiger partial charge in [0.25, 0.3) is 5.91 Å². The third-order valence-corrected chi connectivity index (χ3v) is 5.39. The largest absolute Gasteiger partial charge is 0.496 e. The maximum absolute atomic E-state index is 13.7. The Labute approximate surface area is 191 Å². The van der Waals surface area contributed by atoms with E-state index in [-0.39, 0.29) is 18.0 Å². The number of benzene rings is 3. The van der Waals surface area contributed by atoms with Gasteiger partial charge in [0.1, 0.15) is 23.0 Å². The van der Waals surface area contributed by atoms with Crippen LogP contribution in [0.25, 0.3) is 0 Å². The molecule has 3 aromatic rings. The van der Waals surface area contributed by atoms with Crippen molar-refractivity contribution < 1.29 is 33.3 Å². The van der Waals surface area contributed by atoms with E-state index in [1.807, 2.05) is 0 Å². The summed E-state index contributed by atoms with van der Waals surface area (Å²) in [5.41, 5.74) is 1.72. The molecule has 170 valence electrons. The zero-order valence-electron chi connectivity index (χ0n) is 18.7. The van der Waals surface area contributed by atoms with E-state index in [0.29, 0.717) is 45.6 Å². The van der Waals surface area contributed by atoms with Crippen LogP contribution < -0.4 is 23.8 Å². The van der Waals surface area contributed by atoms with Gasteiger partial charge in [-0.2, -0.15) is 0 Å². The maximum atomic E-state index is 13.7. The van der Waals surface area contributed by atoms with Crippen molar-refractivity contribution in [2.75, 3.05) is 33.3 Å². The van der Waals surface area contributed by atoms with Gasteiger partial charge in [-0.15, -0.1) is 0 Å². The molecule has 0 fully saturated rings. The van der Waals surface area contributed by atoms with Crippen molar-refractivity contribution in [2.45, 2.75) is 6.54 Å². The fourth-order valence-corrected chi connectivity index (χ4v) is 3.71. The summed E-state index contributed by atoms with van der Waals surface area (Å²) in [4.78, 5) is 27.4. The number of hydrogen-bond donors (Lipinski definition) is 0. The second-order valence-electron chi connectivity index (χ2n) is 7.17. The van der Waals surface area contributed by atoms with Crippen molar-refractivity contribution >= 4 is 17.6 Å². The molecule has 0 atom stereocenters. The molecule has 33 heavy (non-hydrogen) atoms. The van der Waals surface area contributed by atoms with Gasteiger partial charge in [-0.3, -0.25) is 9.69 Å². The number of rotatable bonds is 6. The van der Waals surface area contributed by atoms with E-state index in [1.54, 1.807) is 61.7 Å². The number of methoxy groups -OCH3 is 4. The van der Waals surface area contributed by atoms with E-state index in [2.05, 4.69) is 0 Å². The second kappa shape index (κ2) is 9.12. The number of carbonyl (C=O) groups is 2. The SMILES string of the molecule is COC(=O)c1ccc2c(c1)N(Cc1c(OC)cc(OC)cc1OC)C(=O)c1ccccc1O2. The van der Waals surface area contributed by atoms with E-state index in [9.17, 15) is 9.59 Å². The summed E-state index contributed by atoms with van der Waals surface area (Å²) < 4.78 is 27.4. The average Bonchev–Trinajstić information content (AvgIpc) is 2.97. The minimum absolute atomic E-state index is 0.0878. The topological polar surface area (TPSA) is 83.5 Å². The molecule has 8 nitrogen and oxygen atoms in total. The first-order chi connectivity index (χ1) is 16.0. The molecule has 0 saturated carbocycles. The Morgan fingerprint density at radius 1 is 0.879 bits per heavy atom. The maximum Gasteiger partial charge on any atom is 0.337 e. The molecule has 0 aromatic heterocycles. The van der Waals surface area contributed by atoms with Gasteiger partial charge >= 0.3 is 5.97 Å². The standard InChI is InChI=1S/C25H23NO7/c1-29-16-12-22(30-2)18(23(13-16)31-3)14-26-19-11-15(25(28)32-4)9-10-21(19)33-20-8-6-5-7-17(20)24(26)27/h5-13H,14H2,1-4H3. The number of para-hydroxylation sites is 1. The smallest absolute Gasteiger partial charge is 0.337 e. The van der Waals surface area contributed by atoms with Gasteiger partial charge < -0.3 is 23.7 Å². The van der Waals surface area contributed by atoms with Gasteiger partial charge in [-0.05, 0) is 30.3 Å². The number of anilines is 1. The van der Waals surface area contributed by atoms with Crippen LogP contribution in [0.2, 0.25) is 0 Å². The molecular weight excluding hydrogens is 426 g/mol. The van der Waals surface area contributed by atoms with E-state index < -0.39 is 5.97 Å². The molecule has 1 heterocycles. The van der Waals surface area contributed by atoms with Gasteiger partial charge in [0.15, 0.2) is 5.75 Å². The molecule has 0 unspecified atom stereocenters. The van der Waals surface area contributed by atoms with Crippen LogP contribution in [0.5, 0.6) is 28.7 Å². The molecule has 4 rings (SSSR count). The fraction of sp³-hybridized carbons (Fsp3) is 0.200. The number of amides is 1. The molecule has 0 N–H and O–H groups in total. The summed E-state index contributed by atoms with van der Waals surface area (Å²) in [6, 6.07) is 15.2. The van der Waals surface area contributed by atoms with Crippen molar-refractivity contribution in [3.05, 3.63) is 71.3 Å². The first-order valence-corrected chi connectivity index (χ1v) is 10.1. The van der Waals surface area contributed by atoms with Crippen LogP contribution in [-0.2, 0) is 11.3 Å². The quantitative estimate of drug-likeness (QED) is 0.514. The lowest BCUT2D eigenvalue weighted by molar-refractivity contribution is 0.0600. The van der Waals surface area contributed by atoms with E-state index in [1.165, 1.54) is 26.2 Å². The third kappa shape index (κ3) is 4.03. The van der Waals surface area contributed by atoms with Crippen LogP contribution in [0, 0.1) is 0 Å². The monoisotopic (exact) mass is 449 g/mol. The van der Waals surface area contributed by atoms with Crippen LogP contribution in [0.15, 0.2) is 54.6 Å². The highest BCUT2D eigenvalue weighted by Crippen LogP contribution is 2.42. The van der Waals surface area contributed by atoms with Crippen molar-refractivity contribution in [1.29, 1.82) is 0 Å². The first-order valence-electron chi connectivity index (χ1n) is 10.1. The molecule has 0 bridgehead atoms. The predicted octanol–water partition coefficient (Wildman–Crippen LogP) is 4.45. The number of fused-ring (bicyclic) bond motifs is 2. The molecule has 1 aliphatic rings. The minimum atomic E-state index is -0.522. The summed E-state index contributed by atoms with van der Waals surface area (Å²) in [7, 11) is 5.91. The van der Waals surface area contributed by atoms with Crippen LogP contribution in [0.4, 0.5) is 5.69 Å². The molecule has 3 aromatic carbocycles. The summed E-state index contributed by atoms with van der Waals surface area (Å²) in [6.45, 7) is 0.0878. The Bertz CT molecular complexity index is 1200. The number of esters is 1. The van der Waals surface area contributed by atoms with Gasteiger partial charge in [0.05, 0.1) is 57.4 Å². The highest BCUT2D eigenvalue weighted by molar-refractivity contribution is 6.10. The van der Waals surface area contributed by atoms with Crippen molar-refractivity contribution in [3.8, 4) is 28.7 Å². The van der Waals surface area contributed by atoms with Crippen molar-refractivity contribution in [2.24, 2.45) is 0 Å². The number of hydrogen-bond acceptors (Lipinski definition) is 7. The van der Waals surface area contributed by atoms with Crippen LogP contribution in [0.1, 0.15) is 26.3 Å². The summed E-state index contributed by atoms with van der Waals surface area (Å²) in [5, 5.41) is 0. The average molecular weight is 449 g/mol. The zero-order valence-corrected chi connectivity index (χ0v) is 18.7. The molecule has 0 aliphatic carbocycles. The third-order valence-electron chi connectivity index (χ3n) is 5.39. The van der Waals surface area contributed by atoms with Crippen molar-refractivity contribution in [3.63, 3.8) is 0 Å². The van der Waals surface area contributed by atoms with E-state index in [4.69, 9.17) is 23.7 Å². The summed E-state index contributed by atoms with van der Waals surface area (Å²) in [5.74, 6) is 1.55. The lowest BCUT2D eigenvalue weighted by Gasteiger charge is -2.25. The molecule has 0 spiro atoms. The van der Waals surface area contributed by atoms with Gasteiger partial charge in [0.2, 0.25) is 0 Å². The van der Waals surface area contributed by atoms with Crippen LogP contribution in [-0.4, -0.2) is 40.3 Å².